The van der Waals surface area contributed by atoms with Crippen LogP contribution in [-0.4, -0.2) is 44.6 Å². The number of oxazole rings is 1. The van der Waals surface area contributed by atoms with Crippen molar-refractivity contribution in [2.75, 3.05) is 20.1 Å². The van der Waals surface area contributed by atoms with Gasteiger partial charge in [0.05, 0.1) is 17.6 Å². The van der Waals surface area contributed by atoms with Gasteiger partial charge in [-0.2, -0.15) is 5.10 Å². The Labute approximate surface area is 186 Å². The Balaban J connectivity index is 1.32. The molecule has 2 fully saturated rings. The maximum Gasteiger partial charge on any atom is 0.198 e. The topological polar surface area (TPSA) is 59.5 Å². The summed E-state index contributed by atoms with van der Waals surface area (Å²) in [4.78, 5) is 11.5. The van der Waals surface area contributed by atoms with Crippen molar-refractivity contribution in [1.82, 2.24) is 24.5 Å². The van der Waals surface area contributed by atoms with Crippen molar-refractivity contribution < 1.29 is 8.81 Å². The third-order valence-electron chi connectivity index (χ3n) is 7.52. The molecule has 0 unspecified atom stereocenters. The first-order valence-corrected chi connectivity index (χ1v) is 11.5. The summed E-state index contributed by atoms with van der Waals surface area (Å²) in [5, 5.41) is 4.64. The molecular weight excluding hydrogens is 405 g/mol. The highest BCUT2D eigenvalue weighted by Gasteiger charge is 2.41. The van der Waals surface area contributed by atoms with Gasteiger partial charge >= 0.3 is 0 Å². The number of aryl methyl sites for hydroxylation is 2. The van der Waals surface area contributed by atoms with E-state index in [0.717, 1.165) is 29.7 Å². The average molecular weight is 434 g/mol. The summed E-state index contributed by atoms with van der Waals surface area (Å²) in [6.07, 6.45) is 7.68. The summed E-state index contributed by atoms with van der Waals surface area (Å²) in [5.74, 6) is 0.591. The van der Waals surface area contributed by atoms with Gasteiger partial charge in [-0.25, -0.2) is 18.9 Å². The molecule has 1 saturated heterocycles. The SMILES string of the molecule is Cc1cn2nc(-c3cc(F)c4nc(C5CCC6(CC5)CCN(C)C6)oc4c3)cc(C)c2n1. The molecule has 0 radical (unpaired) electrons. The van der Waals surface area contributed by atoms with Crippen molar-refractivity contribution in [3.63, 3.8) is 0 Å². The lowest BCUT2D eigenvalue weighted by Gasteiger charge is -2.36. The largest absolute Gasteiger partial charge is 0.440 e. The fraction of sp³-hybridized carbons (Fsp3) is 0.480. The summed E-state index contributed by atoms with van der Waals surface area (Å²) in [6.45, 7) is 6.32. The van der Waals surface area contributed by atoms with E-state index in [9.17, 15) is 0 Å². The fourth-order valence-electron chi connectivity index (χ4n) is 5.76. The molecule has 1 saturated carbocycles. The van der Waals surface area contributed by atoms with Crippen LogP contribution >= 0.6 is 0 Å². The van der Waals surface area contributed by atoms with E-state index in [0.29, 0.717) is 33.7 Å². The maximum atomic E-state index is 15.0. The number of hydrogen-bond acceptors (Lipinski definition) is 5. The van der Waals surface area contributed by atoms with E-state index in [4.69, 9.17) is 4.42 Å². The predicted molar refractivity (Wildman–Crippen MR) is 121 cm³/mol. The molecule has 0 bridgehead atoms. The second-order valence-corrected chi connectivity index (χ2v) is 9.98. The molecule has 7 heteroatoms. The van der Waals surface area contributed by atoms with Crippen molar-refractivity contribution in [2.45, 2.75) is 51.9 Å². The molecule has 32 heavy (non-hydrogen) atoms. The van der Waals surface area contributed by atoms with Crippen LogP contribution in [0.1, 0.15) is 55.2 Å². The molecule has 1 spiro atoms. The first kappa shape index (κ1) is 19.9. The van der Waals surface area contributed by atoms with Crippen molar-refractivity contribution in [1.29, 1.82) is 0 Å². The summed E-state index contributed by atoms with van der Waals surface area (Å²) < 4.78 is 22.9. The molecule has 0 N–H and O–H groups in total. The lowest BCUT2D eigenvalue weighted by atomic mass is 9.70. The van der Waals surface area contributed by atoms with Gasteiger partial charge in [0.2, 0.25) is 0 Å². The quantitative estimate of drug-likeness (QED) is 0.431. The van der Waals surface area contributed by atoms with Crippen molar-refractivity contribution in [3.05, 3.63) is 47.4 Å². The van der Waals surface area contributed by atoms with Crippen molar-refractivity contribution in [3.8, 4) is 11.3 Å². The Hall–Kier alpha value is -2.80. The highest BCUT2D eigenvalue weighted by atomic mass is 19.1. The van der Waals surface area contributed by atoms with Gasteiger partial charge in [-0.1, -0.05) is 0 Å². The number of nitrogens with zero attached hydrogens (tertiary/aromatic N) is 5. The van der Waals surface area contributed by atoms with Gasteiger partial charge in [0, 0.05) is 18.0 Å². The van der Waals surface area contributed by atoms with Crippen LogP contribution in [0.2, 0.25) is 0 Å². The zero-order valence-electron chi connectivity index (χ0n) is 18.9. The molecule has 1 aromatic carbocycles. The molecule has 0 amide bonds. The van der Waals surface area contributed by atoms with E-state index in [1.165, 1.54) is 38.4 Å². The van der Waals surface area contributed by atoms with Crippen LogP contribution < -0.4 is 0 Å². The molecular formula is C25H28FN5O. The van der Waals surface area contributed by atoms with Crippen LogP contribution in [0.15, 0.2) is 28.8 Å². The first-order chi connectivity index (χ1) is 15.4. The van der Waals surface area contributed by atoms with Gasteiger partial charge in [-0.05, 0) is 88.7 Å². The Morgan fingerprint density at radius 1 is 1.09 bits per heavy atom. The molecule has 6 nitrogen and oxygen atoms in total. The Kier molecular flexibility index (Phi) is 4.41. The molecule has 1 aliphatic heterocycles. The van der Waals surface area contributed by atoms with Gasteiger partial charge < -0.3 is 9.32 Å². The molecule has 0 atom stereocenters. The van der Waals surface area contributed by atoms with Crippen LogP contribution in [-0.2, 0) is 0 Å². The van der Waals surface area contributed by atoms with Gasteiger partial charge in [-0.15, -0.1) is 0 Å². The monoisotopic (exact) mass is 433 g/mol. The smallest absolute Gasteiger partial charge is 0.198 e. The number of rotatable bonds is 2. The molecule has 2 aliphatic rings. The average Bonchev–Trinajstić information content (AvgIpc) is 3.45. The van der Waals surface area contributed by atoms with E-state index in [1.807, 2.05) is 32.2 Å². The molecule has 4 aromatic rings. The van der Waals surface area contributed by atoms with Crippen LogP contribution in [0.5, 0.6) is 0 Å². The highest BCUT2D eigenvalue weighted by Crippen LogP contribution is 2.48. The molecule has 166 valence electrons. The Morgan fingerprint density at radius 2 is 1.91 bits per heavy atom. The number of halogens is 1. The predicted octanol–water partition coefficient (Wildman–Crippen LogP) is 5.27. The minimum atomic E-state index is -0.362. The van der Waals surface area contributed by atoms with Gasteiger partial charge in [0.1, 0.15) is 5.52 Å². The number of likely N-dealkylation sites (tertiary alicyclic amines) is 1. The summed E-state index contributed by atoms with van der Waals surface area (Å²) in [6, 6.07) is 5.32. The molecule has 3 aromatic heterocycles. The Morgan fingerprint density at radius 3 is 2.66 bits per heavy atom. The molecule has 1 aliphatic carbocycles. The van der Waals surface area contributed by atoms with Gasteiger partial charge in [-0.3, -0.25) is 0 Å². The van der Waals surface area contributed by atoms with Crippen molar-refractivity contribution >= 4 is 16.7 Å². The number of aromatic nitrogens is 4. The van der Waals surface area contributed by atoms with E-state index in [1.54, 1.807) is 4.52 Å². The number of imidazole rings is 1. The number of fused-ring (bicyclic) bond motifs is 2. The fourth-order valence-corrected chi connectivity index (χ4v) is 5.76. The number of hydrogen-bond donors (Lipinski definition) is 0. The normalized spacial score (nSPS) is 24.3. The van der Waals surface area contributed by atoms with Gasteiger partial charge in [0.15, 0.2) is 22.9 Å². The van der Waals surface area contributed by atoms with Crippen LogP contribution in [0.25, 0.3) is 28.0 Å². The summed E-state index contributed by atoms with van der Waals surface area (Å²) in [7, 11) is 2.21. The zero-order chi connectivity index (χ0) is 22.0. The standard InChI is InChI=1S/C25H28FN5O/c1-15-10-20(29-31-13-16(2)27-23(15)31)18-11-19(26)22-21(12-18)32-24(28-22)17-4-6-25(7-5-17)8-9-30(3)14-25/h10-13,17H,4-9,14H2,1-3H3. The van der Waals surface area contributed by atoms with E-state index in [-0.39, 0.29) is 11.7 Å². The third kappa shape index (κ3) is 3.22. The van der Waals surface area contributed by atoms with Crippen molar-refractivity contribution in [2.24, 2.45) is 5.41 Å². The third-order valence-corrected chi connectivity index (χ3v) is 7.52. The molecule has 4 heterocycles. The second kappa shape index (κ2) is 7.10. The van der Waals surface area contributed by atoms with E-state index >= 15 is 4.39 Å². The maximum absolute atomic E-state index is 15.0. The van der Waals surface area contributed by atoms with E-state index < -0.39 is 0 Å². The lowest BCUT2D eigenvalue weighted by molar-refractivity contribution is 0.172. The van der Waals surface area contributed by atoms with Crippen LogP contribution in [0.3, 0.4) is 0 Å². The summed E-state index contributed by atoms with van der Waals surface area (Å²) in [5.41, 5.74) is 5.37. The minimum absolute atomic E-state index is 0.271. The zero-order valence-corrected chi connectivity index (χ0v) is 18.9. The second-order valence-electron chi connectivity index (χ2n) is 9.98. The van der Waals surface area contributed by atoms with E-state index in [2.05, 4.69) is 27.0 Å². The lowest BCUT2D eigenvalue weighted by Crippen LogP contribution is -2.29. The van der Waals surface area contributed by atoms with Crippen LogP contribution in [0, 0.1) is 25.1 Å². The highest BCUT2D eigenvalue weighted by molar-refractivity contribution is 5.80. The Bertz CT molecular complexity index is 1330. The first-order valence-electron chi connectivity index (χ1n) is 11.5. The minimum Gasteiger partial charge on any atom is -0.440 e. The number of benzene rings is 1. The van der Waals surface area contributed by atoms with Gasteiger partial charge in [0.25, 0.3) is 0 Å². The summed E-state index contributed by atoms with van der Waals surface area (Å²) >= 11 is 0. The molecule has 6 rings (SSSR count). The van der Waals surface area contributed by atoms with Crippen LogP contribution in [0.4, 0.5) is 4.39 Å².